The molecule has 72 heavy (non-hydrogen) atoms. The molecule has 0 aromatic carbocycles. The second kappa shape index (κ2) is 23.2. The first-order chi connectivity index (χ1) is 33.1. The number of amides is 2. The van der Waals surface area contributed by atoms with E-state index in [0.717, 1.165) is 150 Å². The highest BCUT2D eigenvalue weighted by atomic mass is 16.2. The van der Waals surface area contributed by atoms with Crippen molar-refractivity contribution < 1.29 is 36.5 Å². The molecule has 0 spiro atoms. The Kier molecular flexibility index (Phi) is 18.9. The third-order valence-electron chi connectivity index (χ3n) is 15.0. The van der Waals surface area contributed by atoms with Crippen LogP contribution in [0.4, 0.5) is 0 Å². The third kappa shape index (κ3) is 18.6. The number of hydrogen-bond donors (Lipinski definition) is 4. The van der Waals surface area contributed by atoms with Crippen LogP contribution in [-0.2, 0) is 23.7 Å². The van der Waals surface area contributed by atoms with Crippen LogP contribution in [0.2, 0.25) is 0 Å². The van der Waals surface area contributed by atoms with Gasteiger partial charge >= 0.3 is 0 Å². The van der Waals surface area contributed by atoms with Crippen molar-refractivity contribution in [2.45, 2.75) is 89.9 Å². The molecule has 2 aliphatic rings. The molecule has 402 valence electrons. The molecule has 3 aromatic heterocycles. The molecule has 5 heterocycles. The molecule has 0 saturated carbocycles. The van der Waals surface area contributed by atoms with Gasteiger partial charge in [-0.2, -0.15) is 0 Å². The van der Waals surface area contributed by atoms with Gasteiger partial charge in [0.1, 0.15) is 0 Å². The Balaban J connectivity index is 1.41. The molecule has 0 radical (unpaired) electrons. The predicted molar refractivity (Wildman–Crippen MR) is 300 cm³/mol. The van der Waals surface area contributed by atoms with E-state index in [-0.39, 0.29) is 22.6 Å². The molecule has 0 atom stereocenters. The van der Waals surface area contributed by atoms with Crippen molar-refractivity contribution in [1.29, 1.82) is 0 Å². The molecule has 0 fully saturated rings. The molecular weight excluding hydrogens is 897 g/mol. The summed E-state index contributed by atoms with van der Waals surface area (Å²) in [6, 6.07) is 12.2. The van der Waals surface area contributed by atoms with Gasteiger partial charge in [-0.25, -0.2) is 0 Å². The topological polar surface area (TPSA) is 116 Å². The molecule has 14 nitrogen and oxygen atoms in total. The van der Waals surface area contributed by atoms with Crippen molar-refractivity contribution in [3.63, 3.8) is 0 Å². The molecule has 2 amide bonds. The molecule has 14 heteroatoms. The maximum Gasteiger partial charge on any atom is 0.253 e. The van der Waals surface area contributed by atoms with Gasteiger partial charge in [-0.3, -0.25) is 19.6 Å². The number of carbonyl (C=O) groups excluding carboxylic acids is 2. The van der Waals surface area contributed by atoms with Crippen molar-refractivity contribution in [3.8, 4) is 0 Å². The van der Waals surface area contributed by atoms with E-state index in [1.165, 1.54) is 25.7 Å². The zero-order valence-corrected chi connectivity index (χ0v) is 49.0. The standard InChI is InChI=1S/C58H102N12O2/c1-57(2)43-47-39-51-50(56(72)60-26-20-32-70(18,35-23-29-67(11,12)13)36-24-30-68(14,15)16)38-46(62-51)42-54-58(3,4)44-48(64-54)40-52-49(37-45(61-52)41-53(57)63-47)55(71)59-25-19-31-69(17,33-21-27-65(5,6)7)34-22-28-66(8,9)10/h37-42H,19-36,43-44H2,1-18H3,(H2-2,59,60,61,62,63,64,71,72)/q+4/p+2. The maximum atomic E-state index is 14.2. The summed E-state index contributed by atoms with van der Waals surface area (Å²) in [6.45, 7) is 21.3. The first-order valence-electron chi connectivity index (χ1n) is 27.3. The van der Waals surface area contributed by atoms with Crippen LogP contribution in [0.1, 0.15) is 110 Å². The zero-order chi connectivity index (χ0) is 53.6. The molecule has 0 unspecified atom stereocenters. The summed E-state index contributed by atoms with van der Waals surface area (Å²) in [6.07, 6.45) is 7.95. The average Bonchev–Trinajstić information content (AvgIpc) is 3.95. The Bertz CT molecular complexity index is 2260. The van der Waals surface area contributed by atoms with E-state index in [1.54, 1.807) is 0 Å². The monoisotopic (exact) mass is 1000 g/mol. The van der Waals surface area contributed by atoms with Crippen LogP contribution in [-0.4, -0.2) is 236 Å². The number of fused-ring (bicyclic) bond motifs is 8. The lowest BCUT2D eigenvalue weighted by Crippen LogP contribution is -2.50. The van der Waals surface area contributed by atoms with Gasteiger partial charge < -0.3 is 47.5 Å². The van der Waals surface area contributed by atoms with Crippen LogP contribution in [0.15, 0.2) is 36.4 Å². The van der Waals surface area contributed by atoms with Crippen molar-refractivity contribution in [2.24, 2.45) is 0 Å². The van der Waals surface area contributed by atoms with E-state index < -0.39 is 0 Å². The summed E-state index contributed by atoms with van der Waals surface area (Å²) in [7, 11) is 32.1. The van der Waals surface area contributed by atoms with Crippen molar-refractivity contribution in [3.05, 3.63) is 70.3 Å². The minimum atomic E-state index is -0.268. The molecule has 2 aliphatic heterocycles. The number of hydrogen-bond acceptors (Lipinski definition) is 4. The van der Waals surface area contributed by atoms with Gasteiger partial charge in [0.2, 0.25) is 0 Å². The Morgan fingerprint density at radius 3 is 1.03 bits per heavy atom. The van der Waals surface area contributed by atoms with E-state index in [4.69, 9.17) is 9.97 Å². The Morgan fingerprint density at radius 1 is 0.444 bits per heavy atom. The molecule has 0 aliphatic carbocycles. The van der Waals surface area contributed by atoms with E-state index in [2.05, 4.69) is 171 Å². The van der Waals surface area contributed by atoms with Crippen LogP contribution in [0, 0.1) is 0 Å². The quantitative estimate of drug-likeness (QED) is 0.0520. The SMILES string of the molecule is CC1(C)Cc2cc3[nH]c(cc4nc(cc5[nH]c(cc1n2)cc5C(=O)NCCC[N+](C)(CCC[N+](C)(C)C)CCC[N+](C)(C)C)CC4(C)C)cc3C(=O)NCCC[N+](C)(CCC[N+](C)(C)C)CCC[N+](C)(C)C. The van der Waals surface area contributed by atoms with Crippen LogP contribution >= 0.6 is 0 Å². The summed E-state index contributed by atoms with van der Waals surface area (Å²) in [5.74, 6) is -0.158. The molecule has 8 bridgehead atoms. The largest absolute Gasteiger partial charge is 0.355 e. The van der Waals surface area contributed by atoms with Gasteiger partial charge in [0.05, 0.1) is 186 Å². The fourth-order valence-corrected chi connectivity index (χ4v) is 10.7. The lowest BCUT2D eigenvalue weighted by molar-refractivity contribution is -0.923. The highest BCUT2D eigenvalue weighted by molar-refractivity contribution is 6.03. The summed E-state index contributed by atoms with van der Waals surface area (Å²) in [5.41, 5.74) is 7.53. The summed E-state index contributed by atoms with van der Waals surface area (Å²) in [4.78, 5) is 46.1. The van der Waals surface area contributed by atoms with Crippen LogP contribution in [0.5, 0.6) is 0 Å². The van der Waals surface area contributed by atoms with Crippen molar-refractivity contribution >= 4 is 33.9 Å². The molecular formula is C58H104N12O2+6. The van der Waals surface area contributed by atoms with Gasteiger partial charge in [0.25, 0.3) is 11.8 Å². The van der Waals surface area contributed by atoms with Crippen molar-refractivity contribution in [1.82, 2.24) is 30.6 Å². The Morgan fingerprint density at radius 2 is 0.736 bits per heavy atom. The molecule has 0 saturated heterocycles. The number of aromatic amines is 2. The summed E-state index contributed by atoms with van der Waals surface area (Å²) >= 11 is 0. The minimum Gasteiger partial charge on any atom is -0.355 e. The molecule has 4 N–H and O–H groups in total. The number of quaternary nitrogens is 6. The molecule has 5 rings (SSSR count). The maximum absolute atomic E-state index is 14.2. The first-order valence-corrected chi connectivity index (χ1v) is 27.3. The number of nitrogens with one attached hydrogen (secondary N) is 4. The average molecular weight is 1000 g/mol. The Hall–Kier alpha value is -4.18. The lowest BCUT2D eigenvalue weighted by Gasteiger charge is -2.36. The number of aromatic nitrogens is 4. The van der Waals surface area contributed by atoms with E-state index in [9.17, 15) is 9.59 Å². The third-order valence-corrected chi connectivity index (χ3v) is 15.0. The normalized spacial score (nSPS) is 15.5. The van der Waals surface area contributed by atoms with E-state index in [1.807, 2.05) is 12.1 Å². The second-order valence-corrected chi connectivity index (χ2v) is 28.0. The second-order valence-electron chi connectivity index (χ2n) is 28.0. The van der Waals surface area contributed by atoms with Crippen LogP contribution in [0.3, 0.4) is 0 Å². The van der Waals surface area contributed by atoms with Gasteiger partial charge in [-0.15, -0.1) is 0 Å². The lowest BCUT2D eigenvalue weighted by atomic mass is 9.87. The van der Waals surface area contributed by atoms with Gasteiger partial charge in [0.15, 0.2) is 0 Å². The smallest absolute Gasteiger partial charge is 0.253 e. The van der Waals surface area contributed by atoms with Gasteiger partial charge in [0, 0.05) is 109 Å². The first kappa shape index (κ1) is 58.7. The fourth-order valence-electron chi connectivity index (χ4n) is 10.7. The highest BCUT2D eigenvalue weighted by Crippen LogP contribution is 2.34. The van der Waals surface area contributed by atoms with Crippen LogP contribution < -0.4 is 10.6 Å². The number of H-pyrrole nitrogens is 2. The minimum absolute atomic E-state index is 0.0790. The molecule has 3 aromatic rings. The number of rotatable bonds is 26. The Labute approximate surface area is 436 Å². The fraction of sp³-hybridized carbons (Fsp3) is 0.690. The zero-order valence-electron chi connectivity index (χ0n) is 49.0. The highest BCUT2D eigenvalue weighted by Gasteiger charge is 2.32. The number of carbonyl (C=O) groups is 2. The number of nitrogens with zero attached hydrogens (tertiary/aromatic N) is 8. The van der Waals surface area contributed by atoms with E-state index >= 15 is 0 Å². The van der Waals surface area contributed by atoms with Crippen LogP contribution in [0.25, 0.3) is 22.1 Å². The van der Waals surface area contributed by atoms with Gasteiger partial charge in [-0.1, -0.05) is 27.7 Å². The van der Waals surface area contributed by atoms with E-state index in [0.29, 0.717) is 37.1 Å². The van der Waals surface area contributed by atoms with Gasteiger partial charge in [-0.05, 0) is 36.4 Å². The predicted octanol–water partition coefficient (Wildman–Crippen LogP) is 6.87. The summed E-state index contributed by atoms with van der Waals surface area (Å²) < 4.78 is 5.92. The summed E-state index contributed by atoms with van der Waals surface area (Å²) in [5, 5.41) is 6.63. The van der Waals surface area contributed by atoms with Crippen molar-refractivity contribution in [2.75, 3.05) is 177 Å².